The molecule has 1 aliphatic heterocycles. The number of fused-ring (bicyclic) bond motifs is 4. The molecule has 0 fully saturated rings. The molecule has 59 heavy (non-hydrogen) atoms. The lowest BCUT2D eigenvalue weighted by molar-refractivity contribution is 0.483. The number of hydrogen-bond donors (Lipinski definition) is 0. The number of hydrogen-bond acceptors (Lipinski definition) is 4. The maximum atomic E-state index is 8.51. The number of aryl methyl sites for hydroxylation is 2. The van der Waals surface area contributed by atoms with Crippen molar-refractivity contribution in [3.05, 3.63) is 167 Å². The molecule has 6 aromatic carbocycles. The molecule has 5 nitrogen and oxygen atoms in total. The van der Waals surface area contributed by atoms with E-state index in [2.05, 4.69) is 137 Å². The molecule has 0 saturated carbocycles. The van der Waals surface area contributed by atoms with Crippen LogP contribution in [0.15, 0.2) is 140 Å². The van der Waals surface area contributed by atoms with Gasteiger partial charge in [-0.2, -0.15) is 0 Å². The van der Waals surface area contributed by atoms with Gasteiger partial charge in [-0.05, 0) is 124 Å². The van der Waals surface area contributed by atoms with Crippen LogP contribution >= 0.6 is 0 Å². The molecule has 9 rings (SSSR count). The van der Waals surface area contributed by atoms with Crippen molar-refractivity contribution < 1.29 is 13.0 Å². The summed E-state index contributed by atoms with van der Waals surface area (Å²) >= 11 is 0. The van der Waals surface area contributed by atoms with Crippen LogP contribution in [0.25, 0.3) is 38.8 Å². The minimum atomic E-state index is -2.56. The highest BCUT2D eigenvalue weighted by molar-refractivity contribution is 6.09. The lowest BCUT2D eigenvalue weighted by atomic mass is 9.85. The molecule has 0 aliphatic carbocycles. The number of ether oxygens (including phenoxy) is 1. The van der Waals surface area contributed by atoms with E-state index in [1.165, 1.54) is 34.9 Å². The highest BCUT2D eigenvalue weighted by atomic mass is 16.5. The van der Waals surface area contributed by atoms with Gasteiger partial charge >= 0.3 is 0 Å². The van der Waals surface area contributed by atoms with Crippen molar-refractivity contribution in [3.63, 3.8) is 0 Å². The van der Waals surface area contributed by atoms with Crippen molar-refractivity contribution in [1.82, 2.24) is 9.55 Å². The number of anilines is 4. The number of rotatable bonds is 8. The number of benzene rings is 6. The van der Waals surface area contributed by atoms with E-state index in [1.807, 2.05) is 47.5 Å². The van der Waals surface area contributed by atoms with Gasteiger partial charge in [0.2, 0.25) is 0 Å². The van der Waals surface area contributed by atoms with Gasteiger partial charge in [0.15, 0.2) is 0 Å². The Morgan fingerprint density at radius 3 is 1.98 bits per heavy atom. The summed E-state index contributed by atoms with van der Waals surface area (Å²) in [6.07, 6.45) is 1.88. The number of aromatic nitrogens is 2. The number of pyridine rings is 1. The molecule has 3 heterocycles. The van der Waals surface area contributed by atoms with Gasteiger partial charge in [0.05, 0.1) is 22.4 Å². The lowest BCUT2D eigenvalue weighted by Crippen LogP contribution is -2.25. The Morgan fingerprint density at radius 1 is 0.627 bits per heavy atom. The molecule has 5 heteroatoms. The lowest BCUT2D eigenvalue weighted by Gasteiger charge is -2.26. The van der Waals surface area contributed by atoms with Gasteiger partial charge < -0.3 is 14.5 Å². The van der Waals surface area contributed by atoms with Gasteiger partial charge in [-0.25, -0.2) is 4.98 Å². The largest absolute Gasteiger partial charge is 0.457 e. The summed E-state index contributed by atoms with van der Waals surface area (Å²) in [4.78, 5) is 8.84. The Bertz CT molecular complexity index is 3040. The van der Waals surface area contributed by atoms with Crippen LogP contribution in [0, 0.1) is 13.7 Å². The molecule has 0 amide bonds. The van der Waals surface area contributed by atoms with E-state index in [9.17, 15) is 0 Å². The van der Waals surface area contributed by atoms with Crippen LogP contribution in [0.5, 0.6) is 11.5 Å². The summed E-state index contributed by atoms with van der Waals surface area (Å²) in [7, 11) is 0. The van der Waals surface area contributed by atoms with Crippen molar-refractivity contribution in [2.75, 3.05) is 16.5 Å². The molecule has 0 N–H and O–H groups in total. The quantitative estimate of drug-likeness (QED) is 0.154. The zero-order valence-corrected chi connectivity index (χ0v) is 34.8. The summed E-state index contributed by atoms with van der Waals surface area (Å²) in [5.41, 5.74) is 10.2. The smallest absolute Gasteiger partial charge is 0.137 e. The third-order valence-electron chi connectivity index (χ3n) is 11.6. The van der Waals surface area contributed by atoms with E-state index in [0.29, 0.717) is 17.2 Å². The Morgan fingerprint density at radius 2 is 1.29 bits per heavy atom. The molecule has 0 bridgehead atoms. The van der Waals surface area contributed by atoms with E-state index >= 15 is 0 Å². The van der Waals surface area contributed by atoms with Gasteiger partial charge in [0.1, 0.15) is 24.0 Å². The molecule has 8 aromatic rings. The minimum Gasteiger partial charge on any atom is -0.457 e. The van der Waals surface area contributed by atoms with Crippen LogP contribution in [0.3, 0.4) is 0 Å². The van der Waals surface area contributed by atoms with E-state index in [1.54, 1.807) is 0 Å². The first kappa shape index (κ1) is 31.6. The second-order valence-electron chi connectivity index (χ2n) is 17.3. The average molecular weight is 781 g/mol. The van der Waals surface area contributed by atoms with Gasteiger partial charge in [-0.3, -0.25) is 4.57 Å². The van der Waals surface area contributed by atoms with Gasteiger partial charge in [0, 0.05) is 48.7 Å². The first-order valence-corrected chi connectivity index (χ1v) is 20.5. The second-order valence-corrected chi connectivity index (χ2v) is 17.3. The first-order valence-electron chi connectivity index (χ1n) is 23.5. The number of nitrogens with zero attached hydrogens (tertiary/aromatic N) is 4. The van der Waals surface area contributed by atoms with Crippen LogP contribution in [0.1, 0.15) is 96.3 Å². The van der Waals surface area contributed by atoms with Gasteiger partial charge in [0.25, 0.3) is 0 Å². The molecule has 2 aromatic heterocycles. The molecule has 0 saturated heterocycles. The predicted octanol–water partition coefficient (Wildman–Crippen LogP) is 15.0. The molecule has 0 radical (unpaired) electrons. The van der Waals surface area contributed by atoms with E-state index in [-0.39, 0.29) is 40.7 Å². The Kier molecular flexibility index (Phi) is 7.94. The molecule has 0 spiro atoms. The minimum absolute atomic E-state index is 0.0128. The number of para-hydroxylation sites is 4. The third kappa shape index (κ3) is 6.82. The Hall–Kier alpha value is -6.33. The van der Waals surface area contributed by atoms with Crippen LogP contribution < -0.4 is 14.5 Å². The van der Waals surface area contributed by atoms with Gasteiger partial charge in [-0.15, -0.1) is 0 Å². The first-order chi connectivity index (χ1) is 30.8. The predicted molar refractivity (Wildman–Crippen MR) is 249 cm³/mol. The fourth-order valence-electron chi connectivity index (χ4n) is 8.69. The van der Waals surface area contributed by atoms with Crippen LogP contribution in [0.4, 0.5) is 22.7 Å². The fourth-order valence-corrected chi connectivity index (χ4v) is 8.69. The van der Waals surface area contributed by atoms with Crippen molar-refractivity contribution in [2.24, 2.45) is 0 Å². The molecule has 296 valence electrons. The maximum absolute atomic E-state index is 8.51. The second kappa shape index (κ2) is 14.8. The highest BCUT2D eigenvalue weighted by Gasteiger charge is 2.30. The molecule has 1 aliphatic rings. The summed E-state index contributed by atoms with van der Waals surface area (Å²) < 4.78 is 60.3. The van der Waals surface area contributed by atoms with Crippen molar-refractivity contribution in [3.8, 4) is 28.4 Å². The molecular weight excluding hydrogens is 721 g/mol. The Balaban J connectivity index is 1.24. The van der Waals surface area contributed by atoms with E-state index in [4.69, 9.17) is 17.9 Å². The van der Waals surface area contributed by atoms with Crippen molar-refractivity contribution in [2.45, 2.75) is 79.4 Å². The maximum Gasteiger partial charge on any atom is 0.137 e. The van der Waals surface area contributed by atoms with Crippen LogP contribution in [-0.4, -0.2) is 16.2 Å². The monoisotopic (exact) mass is 780 g/mol. The summed E-state index contributed by atoms with van der Waals surface area (Å²) in [6, 6.07) is 44.0. The SMILES string of the molecule is [2H]C([2H])([2H])c1cccc(C([2H])([2H])[2H])c1N1CN(c2cc(Oc3ccc4c5ccccc5n(-c5cc(C(C)(C)C)ccn5)c4c3)cc(-c3c(C(C)C)cccc3C(C)C)c2)c2ccccc21. The summed E-state index contributed by atoms with van der Waals surface area (Å²) in [5.74, 6) is 2.54. The van der Waals surface area contributed by atoms with Gasteiger partial charge in [-0.1, -0.05) is 115 Å². The topological polar surface area (TPSA) is 33.5 Å². The standard InChI is InChI=1S/C54H54N4O/c1-34(2)43-19-15-20-44(35(3)4)52(43)38-28-40(56-33-57(49-23-13-12-22-48(49)56)53-36(5)16-14-17-37(53)6)31-42(29-38)59-41-24-25-46-45-18-10-11-21-47(45)58(50(46)32-41)51-30-39(26-27-55-51)54(7,8)9/h10-32,34-35H,33H2,1-9H3/i5D3,6D3. The zero-order chi connectivity index (χ0) is 46.2. The molecular formula is C54H54N4O. The molecule has 0 atom stereocenters. The fraction of sp³-hybridized carbons (Fsp3) is 0.241. The summed E-state index contributed by atoms with van der Waals surface area (Å²) in [6.45, 7) is 10.5. The van der Waals surface area contributed by atoms with Crippen LogP contribution in [-0.2, 0) is 5.41 Å². The Labute approximate surface area is 358 Å². The van der Waals surface area contributed by atoms with Crippen molar-refractivity contribution >= 4 is 44.6 Å². The van der Waals surface area contributed by atoms with Crippen LogP contribution in [0.2, 0.25) is 0 Å². The third-order valence-corrected chi connectivity index (χ3v) is 11.6. The zero-order valence-electron chi connectivity index (χ0n) is 40.8. The highest BCUT2D eigenvalue weighted by Crippen LogP contribution is 2.48. The van der Waals surface area contributed by atoms with E-state index in [0.717, 1.165) is 50.1 Å². The normalized spacial score (nSPS) is 14.9. The summed E-state index contributed by atoms with van der Waals surface area (Å²) in [5, 5.41) is 2.20. The van der Waals surface area contributed by atoms with E-state index < -0.39 is 13.7 Å². The average Bonchev–Trinajstić information content (AvgIpc) is 3.81. The van der Waals surface area contributed by atoms with Crippen molar-refractivity contribution in [1.29, 1.82) is 0 Å². The molecule has 0 unspecified atom stereocenters.